The second-order valence-electron chi connectivity index (χ2n) is 5.01. The second kappa shape index (κ2) is 6.41. The molecule has 116 valence electrons. The minimum atomic E-state index is -0.502. The van der Waals surface area contributed by atoms with Gasteiger partial charge in [-0.3, -0.25) is 0 Å². The van der Waals surface area contributed by atoms with Gasteiger partial charge in [-0.25, -0.2) is 9.55 Å². The monoisotopic (exact) mass is 309 g/mol. The standard InChI is InChI=1S/C17H15N3O3/c21-11-10-19-16(18-12-17(19)20(22)23)9-8-14-6-3-5-13-4-1-2-7-15(13)14/h1-9,12,21H,10-11H2/b9-8+. The number of nitrogens with zero attached hydrogens (tertiary/aromatic N) is 3. The summed E-state index contributed by atoms with van der Waals surface area (Å²) in [7, 11) is 0. The number of imidazole rings is 1. The molecule has 0 radical (unpaired) electrons. The molecule has 0 saturated carbocycles. The summed E-state index contributed by atoms with van der Waals surface area (Å²) in [5.41, 5.74) is 1.00. The van der Waals surface area contributed by atoms with Crippen molar-refractivity contribution < 1.29 is 10.0 Å². The third-order valence-corrected chi connectivity index (χ3v) is 3.61. The smallest absolute Gasteiger partial charge is 0.343 e. The van der Waals surface area contributed by atoms with Crippen LogP contribution in [0.3, 0.4) is 0 Å². The zero-order valence-corrected chi connectivity index (χ0v) is 12.3. The van der Waals surface area contributed by atoms with Gasteiger partial charge in [0.1, 0.15) is 12.7 Å². The first-order valence-electron chi connectivity index (χ1n) is 7.17. The first-order valence-corrected chi connectivity index (χ1v) is 7.17. The summed E-state index contributed by atoms with van der Waals surface area (Å²) in [5.74, 6) is 0.315. The van der Waals surface area contributed by atoms with Crippen LogP contribution in [0.5, 0.6) is 0 Å². The lowest BCUT2D eigenvalue weighted by molar-refractivity contribution is -0.392. The molecule has 0 amide bonds. The topological polar surface area (TPSA) is 81.2 Å². The summed E-state index contributed by atoms with van der Waals surface area (Å²) in [6.07, 6.45) is 4.81. The summed E-state index contributed by atoms with van der Waals surface area (Å²) < 4.78 is 1.39. The van der Waals surface area contributed by atoms with Crippen LogP contribution in [-0.2, 0) is 6.54 Å². The molecule has 0 aliphatic rings. The minimum absolute atomic E-state index is 0.128. The van der Waals surface area contributed by atoms with Crippen molar-refractivity contribution in [3.05, 3.63) is 70.2 Å². The van der Waals surface area contributed by atoms with Gasteiger partial charge < -0.3 is 15.2 Å². The van der Waals surface area contributed by atoms with Crippen molar-refractivity contribution in [2.24, 2.45) is 0 Å². The highest BCUT2D eigenvalue weighted by atomic mass is 16.6. The van der Waals surface area contributed by atoms with Crippen molar-refractivity contribution in [2.75, 3.05) is 6.61 Å². The van der Waals surface area contributed by atoms with Crippen LogP contribution < -0.4 is 0 Å². The molecule has 0 saturated heterocycles. The quantitative estimate of drug-likeness (QED) is 0.580. The molecule has 6 heteroatoms. The molecule has 23 heavy (non-hydrogen) atoms. The third-order valence-electron chi connectivity index (χ3n) is 3.61. The van der Waals surface area contributed by atoms with Gasteiger partial charge in [-0.2, -0.15) is 0 Å². The van der Waals surface area contributed by atoms with E-state index < -0.39 is 4.92 Å². The molecule has 3 rings (SSSR count). The number of benzene rings is 2. The Morgan fingerprint density at radius 2 is 1.96 bits per heavy atom. The van der Waals surface area contributed by atoms with E-state index in [1.54, 1.807) is 6.08 Å². The molecule has 0 aliphatic carbocycles. The predicted molar refractivity (Wildman–Crippen MR) is 88.8 cm³/mol. The van der Waals surface area contributed by atoms with Gasteiger partial charge in [-0.05, 0) is 27.3 Å². The SMILES string of the molecule is O=[N+]([O-])c1cnc(/C=C/c2cccc3ccccc23)n1CCO. The molecule has 6 nitrogen and oxygen atoms in total. The maximum absolute atomic E-state index is 11.0. The summed E-state index contributed by atoms with van der Waals surface area (Å²) in [6, 6.07) is 14.0. The zero-order chi connectivity index (χ0) is 16.2. The molecule has 0 bridgehead atoms. The highest BCUT2D eigenvalue weighted by Gasteiger charge is 2.17. The van der Waals surface area contributed by atoms with Crippen LogP contribution >= 0.6 is 0 Å². The number of rotatable bonds is 5. The van der Waals surface area contributed by atoms with Gasteiger partial charge in [0.15, 0.2) is 0 Å². The molecule has 0 fully saturated rings. The van der Waals surface area contributed by atoms with E-state index in [4.69, 9.17) is 5.11 Å². The first kappa shape index (κ1) is 14.9. The Hall–Kier alpha value is -2.99. The predicted octanol–water partition coefficient (Wildman–Crippen LogP) is 3.11. The highest BCUT2D eigenvalue weighted by molar-refractivity contribution is 5.92. The van der Waals surface area contributed by atoms with Crippen molar-refractivity contribution in [1.82, 2.24) is 9.55 Å². The van der Waals surface area contributed by atoms with E-state index in [0.29, 0.717) is 5.82 Å². The van der Waals surface area contributed by atoms with Crippen molar-refractivity contribution in [1.29, 1.82) is 0 Å². The fourth-order valence-electron chi connectivity index (χ4n) is 2.55. The van der Waals surface area contributed by atoms with Crippen LogP contribution in [0.1, 0.15) is 11.4 Å². The fourth-order valence-corrected chi connectivity index (χ4v) is 2.55. The average molecular weight is 309 g/mol. The molecule has 3 aromatic rings. The van der Waals surface area contributed by atoms with Crippen LogP contribution in [0, 0.1) is 10.1 Å². The number of hydrogen-bond donors (Lipinski definition) is 1. The highest BCUT2D eigenvalue weighted by Crippen LogP contribution is 2.21. The summed E-state index contributed by atoms with van der Waals surface area (Å²) in [6.45, 7) is -0.0577. The first-order chi connectivity index (χ1) is 11.2. The molecule has 1 N–H and O–H groups in total. The normalized spacial score (nSPS) is 11.3. The molecule has 1 heterocycles. The van der Waals surface area contributed by atoms with E-state index in [1.807, 2.05) is 48.5 Å². The Morgan fingerprint density at radius 3 is 2.74 bits per heavy atom. The minimum Gasteiger partial charge on any atom is -0.392 e. The summed E-state index contributed by atoms with van der Waals surface area (Å²) >= 11 is 0. The zero-order valence-electron chi connectivity index (χ0n) is 12.3. The Bertz CT molecular complexity index is 878. The van der Waals surface area contributed by atoms with Gasteiger partial charge in [-0.15, -0.1) is 0 Å². The van der Waals surface area contributed by atoms with Crippen LogP contribution in [0.25, 0.3) is 22.9 Å². The van der Waals surface area contributed by atoms with Crippen molar-refractivity contribution in [3.63, 3.8) is 0 Å². The number of aliphatic hydroxyl groups is 1. The van der Waals surface area contributed by atoms with Crippen LogP contribution in [-0.4, -0.2) is 26.2 Å². The number of fused-ring (bicyclic) bond motifs is 1. The van der Waals surface area contributed by atoms with Crippen LogP contribution in [0.2, 0.25) is 0 Å². The lowest BCUT2D eigenvalue weighted by Crippen LogP contribution is -2.07. The van der Waals surface area contributed by atoms with Crippen molar-refractivity contribution in [2.45, 2.75) is 6.54 Å². The molecule has 0 aliphatic heterocycles. The lowest BCUT2D eigenvalue weighted by Gasteiger charge is -2.02. The number of aromatic nitrogens is 2. The fraction of sp³-hybridized carbons (Fsp3) is 0.118. The third kappa shape index (κ3) is 2.97. The summed E-state index contributed by atoms with van der Waals surface area (Å²) in [5, 5.41) is 22.3. The molecular weight excluding hydrogens is 294 g/mol. The largest absolute Gasteiger partial charge is 0.392 e. The number of nitro groups is 1. The van der Waals surface area contributed by atoms with Crippen molar-refractivity contribution >= 4 is 28.7 Å². The number of hydrogen-bond acceptors (Lipinski definition) is 4. The lowest BCUT2D eigenvalue weighted by atomic mass is 10.0. The molecule has 1 aromatic heterocycles. The number of aliphatic hydroxyl groups excluding tert-OH is 1. The maximum atomic E-state index is 11.0. The van der Waals surface area contributed by atoms with Gasteiger partial charge in [0.05, 0.1) is 6.61 Å². The molecule has 0 atom stereocenters. The van der Waals surface area contributed by atoms with Gasteiger partial charge in [-0.1, -0.05) is 42.5 Å². The van der Waals surface area contributed by atoms with Gasteiger partial charge in [0, 0.05) is 6.08 Å². The van der Waals surface area contributed by atoms with E-state index in [1.165, 1.54) is 10.8 Å². The van der Waals surface area contributed by atoms with E-state index in [0.717, 1.165) is 16.3 Å². The summed E-state index contributed by atoms with van der Waals surface area (Å²) in [4.78, 5) is 14.6. The van der Waals surface area contributed by atoms with Crippen LogP contribution in [0.4, 0.5) is 5.82 Å². The van der Waals surface area contributed by atoms with Crippen LogP contribution in [0.15, 0.2) is 48.7 Å². The molecule has 0 spiro atoms. The Morgan fingerprint density at radius 1 is 1.17 bits per heavy atom. The van der Waals surface area contributed by atoms with E-state index in [2.05, 4.69) is 4.98 Å². The Balaban J connectivity index is 2.01. The van der Waals surface area contributed by atoms with Gasteiger partial charge in [0.2, 0.25) is 5.82 Å². The van der Waals surface area contributed by atoms with Gasteiger partial charge >= 0.3 is 5.82 Å². The average Bonchev–Trinajstić information content (AvgIpc) is 2.96. The Kier molecular flexibility index (Phi) is 4.16. The van der Waals surface area contributed by atoms with E-state index >= 15 is 0 Å². The van der Waals surface area contributed by atoms with E-state index in [9.17, 15) is 10.1 Å². The van der Waals surface area contributed by atoms with Gasteiger partial charge in [0.25, 0.3) is 0 Å². The van der Waals surface area contributed by atoms with Crippen molar-refractivity contribution in [3.8, 4) is 0 Å². The molecule has 0 unspecified atom stereocenters. The Labute approximate surface area is 132 Å². The second-order valence-corrected chi connectivity index (χ2v) is 5.01. The maximum Gasteiger partial charge on any atom is 0.343 e. The molecular formula is C17H15N3O3. The van der Waals surface area contributed by atoms with E-state index in [-0.39, 0.29) is 19.0 Å². The molecule has 2 aromatic carbocycles.